The molecule has 0 spiro atoms. The Morgan fingerprint density at radius 3 is 2.26 bits per heavy atom. The molecule has 9 nitrogen and oxygen atoms in total. The zero-order valence-electron chi connectivity index (χ0n) is 13.5. The van der Waals surface area contributed by atoms with Crippen LogP contribution in [0.4, 0.5) is 4.79 Å². The van der Waals surface area contributed by atoms with Gasteiger partial charge in [-0.2, -0.15) is 13.1 Å². The number of urea groups is 1. The summed E-state index contributed by atoms with van der Waals surface area (Å²) in [5, 5.41) is 14.3. The quantitative estimate of drug-likeness (QED) is 0.385. The van der Waals surface area contributed by atoms with Gasteiger partial charge in [0.15, 0.2) is 0 Å². The van der Waals surface area contributed by atoms with Crippen LogP contribution in [0.25, 0.3) is 0 Å². The van der Waals surface area contributed by atoms with E-state index in [4.69, 9.17) is 5.11 Å². The molecule has 1 aliphatic rings. The van der Waals surface area contributed by atoms with Crippen LogP contribution in [0, 0.1) is 5.92 Å². The van der Waals surface area contributed by atoms with Gasteiger partial charge in [-0.25, -0.2) is 9.52 Å². The van der Waals surface area contributed by atoms with E-state index >= 15 is 0 Å². The number of carboxylic acids is 1. The first-order chi connectivity index (χ1) is 10.7. The number of rotatable bonds is 8. The molecular weight excluding hydrogens is 324 g/mol. The molecule has 2 amide bonds. The molecule has 0 atom stereocenters. The summed E-state index contributed by atoms with van der Waals surface area (Å²) in [5.41, 5.74) is 0. The fourth-order valence-corrected chi connectivity index (χ4v) is 3.51. The van der Waals surface area contributed by atoms with Gasteiger partial charge in [0.25, 0.3) is 10.2 Å². The highest BCUT2D eigenvalue weighted by atomic mass is 32.2. The summed E-state index contributed by atoms with van der Waals surface area (Å²) in [6.45, 7) is 3.67. The summed E-state index contributed by atoms with van der Waals surface area (Å²) in [7, 11) is -3.55. The van der Waals surface area contributed by atoms with E-state index in [0.717, 1.165) is 0 Å². The van der Waals surface area contributed by atoms with Crippen molar-refractivity contribution in [2.45, 2.75) is 51.6 Å². The van der Waals surface area contributed by atoms with Crippen molar-refractivity contribution < 1.29 is 23.1 Å². The molecule has 1 fully saturated rings. The minimum absolute atomic E-state index is 0.0371. The third kappa shape index (κ3) is 8.14. The largest absolute Gasteiger partial charge is 0.481 e. The third-order valence-electron chi connectivity index (χ3n) is 3.51. The average Bonchev–Trinajstić information content (AvgIpc) is 2.43. The van der Waals surface area contributed by atoms with Crippen LogP contribution < -0.4 is 20.1 Å². The standard InChI is InChI=1S/C13H26N4O5S/c1-9(2)17-23(21,22)15-8-7-14-13(20)16-11-5-3-10(4-6-11)12(18)19/h9-11,15,17H,3-8H2,1-2H3,(H,18,19)(H2,14,16,20). The van der Waals surface area contributed by atoms with Crippen molar-refractivity contribution in [2.75, 3.05) is 13.1 Å². The molecule has 134 valence electrons. The summed E-state index contributed by atoms with van der Waals surface area (Å²) in [4.78, 5) is 22.5. The number of aliphatic carboxylic acids is 1. The minimum Gasteiger partial charge on any atom is -0.481 e. The number of carbonyl (C=O) groups is 2. The van der Waals surface area contributed by atoms with Gasteiger partial charge in [0, 0.05) is 25.2 Å². The molecule has 5 N–H and O–H groups in total. The van der Waals surface area contributed by atoms with Gasteiger partial charge in [0.1, 0.15) is 0 Å². The lowest BCUT2D eigenvalue weighted by molar-refractivity contribution is -0.142. The van der Waals surface area contributed by atoms with Gasteiger partial charge in [-0.3, -0.25) is 4.79 Å². The van der Waals surface area contributed by atoms with E-state index in [2.05, 4.69) is 20.1 Å². The van der Waals surface area contributed by atoms with Crippen molar-refractivity contribution in [1.82, 2.24) is 20.1 Å². The van der Waals surface area contributed by atoms with Crippen molar-refractivity contribution in [3.63, 3.8) is 0 Å². The summed E-state index contributed by atoms with van der Waals surface area (Å²) >= 11 is 0. The molecule has 0 saturated heterocycles. The highest BCUT2D eigenvalue weighted by Gasteiger charge is 2.26. The third-order valence-corrected chi connectivity index (χ3v) is 4.87. The maximum absolute atomic E-state index is 11.7. The van der Waals surface area contributed by atoms with E-state index in [-0.39, 0.29) is 37.1 Å². The molecule has 1 rings (SSSR count). The molecule has 1 saturated carbocycles. The lowest BCUT2D eigenvalue weighted by Gasteiger charge is -2.26. The van der Waals surface area contributed by atoms with Gasteiger partial charge < -0.3 is 15.7 Å². The lowest BCUT2D eigenvalue weighted by Crippen LogP contribution is -2.47. The predicted molar refractivity (Wildman–Crippen MR) is 85.1 cm³/mol. The second kappa shape index (κ2) is 9.04. The second-order valence-electron chi connectivity index (χ2n) is 5.96. The molecule has 0 radical (unpaired) electrons. The Kier molecular flexibility index (Phi) is 7.73. The van der Waals surface area contributed by atoms with Crippen LogP contribution in [0.15, 0.2) is 0 Å². The maximum atomic E-state index is 11.7. The van der Waals surface area contributed by atoms with Crippen molar-refractivity contribution in [1.29, 1.82) is 0 Å². The number of amides is 2. The Labute approximate surface area is 136 Å². The van der Waals surface area contributed by atoms with Crippen LogP contribution in [-0.2, 0) is 15.0 Å². The Morgan fingerprint density at radius 2 is 1.74 bits per heavy atom. The normalized spacial score (nSPS) is 21.9. The van der Waals surface area contributed by atoms with Crippen LogP contribution in [0.3, 0.4) is 0 Å². The topological polar surface area (TPSA) is 137 Å². The number of carboxylic acid groups (broad SMARTS) is 1. The number of nitrogens with one attached hydrogen (secondary N) is 4. The SMILES string of the molecule is CC(C)NS(=O)(=O)NCCNC(=O)NC1CCC(C(=O)O)CC1. The van der Waals surface area contributed by atoms with Gasteiger partial charge in [0.05, 0.1) is 5.92 Å². The summed E-state index contributed by atoms with van der Waals surface area (Å²) in [6, 6.07) is -0.616. The van der Waals surface area contributed by atoms with Crippen molar-refractivity contribution in [3.8, 4) is 0 Å². The molecule has 0 unspecified atom stereocenters. The van der Waals surface area contributed by atoms with Gasteiger partial charge >= 0.3 is 12.0 Å². The fourth-order valence-electron chi connectivity index (χ4n) is 2.43. The van der Waals surface area contributed by atoms with E-state index in [1.807, 2.05) is 0 Å². The molecule has 10 heteroatoms. The van der Waals surface area contributed by atoms with Gasteiger partial charge in [0.2, 0.25) is 0 Å². The number of hydrogen-bond donors (Lipinski definition) is 5. The van der Waals surface area contributed by atoms with Crippen LogP contribution in [0.2, 0.25) is 0 Å². The molecule has 0 aromatic carbocycles. The van der Waals surface area contributed by atoms with Crippen LogP contribution in [0.1, 0.15) is 39.5 Å². The smallest absolute Gasteiger partial charge is 0.315 e. The molecule has 0 aromatic rings. The van der Waals surface area contributed by atoms with Crippen LogP contribution >= 0.6 is 0 Å². The molecule has 0 aromatic heterocycles. The Hall–Kier alpha value is -1.39. The highest BCUT2D eigenvalue weighted by Crippen LogP contribution is 2.24. The van der Waals surface area contributed by atoms with E-state index in [1.165, 1.54) is 0 Å². The predicted octanol–water partition coefficient (Wildman–Crippen LogP) is -0.239. The number of hydrogen-bond acceptors (Lipinski definition) is 4. The van der Waals surface area contributed by atoms with Crippen molar-refractivity contribution in [3.05, 3.63) is 0 Å². The summed E-state index contributed by atoms with van der Waals surface area (Å²) < 4.78 is 27.7. The van der Waals surface area contributed by atoms with E-state index in [1.54, 1.807) is 13.8 Å². The molecule has 0 bridgehead atoms. The summed E-state index contributed by atoms with van der Waals surface area (Å²) in [6.07, 6.45) is 2.38. The first kappa shape index (κ1) is 19.7. The molecule has 0 aliphatic heterocycles. The summed E-state index contributed by atoms with van der Waals surface area (Å²) in [5.74, 6) is -1.10. The monoisotopic (exact) mass is 350 g/mol. The minimum atomic E-state index is -3.55. The van der Waals surface area contributed by atoms with Crippen LogP contribution in [-0.4, -0.2) is 50.7 Å². The van der Waals surface area contributed by atoms with E-state index < -0.39 is 16.2 Å². The maximum Gasteiger partial charge on any atom is 0.315 e. The molecular formula is C13H26N4O5S. The Morgan fingerprint density at radius 1 is 1.13 bits per heavy atom. The molecule has 1 aliphatic carbocycles. The molecule has 23 heavy (non-hydrogen) atoms. The fraction of sp³-hybridized carbons (Fsp3) is 0.846. The van der Waals surface area contributed by atoms with E-state index in [0.29, 0.717) is 25.7 Å². The van der Waals surface area contributed by atoms with Gasteiger partial charge in [-0.05, 0) is 39.5 Å². The first-order valence-electron chi connectivity index (χ1n) is 7.73. The zero-order valence-corrected chi connectivity index (χ0v) is 14.3. The molecule has 0 heterocycles. The lowest BCUT2D eigenvalue weighted by atomic mass is 9.86. The Balaban J connectivity index is 2.17. The van der Waals surface area contributed by atoms with Gasteiger partial charge in [-0.15, -0.1) is 0 Å². The number of carbonyl (C=O) groups excluding carboxylic acids is 1. The second-order valence-corrected chi connectivity index (χ2v) is 7.49. The average molecular weight is 350 g/mol. The first-order valence-corrected chi connectivity index (χ1v) is 9.22. The zero-order chi connectivity index (χ0) is 17.5. The van der Waals surface area contributed by atoms with Crippen molar-refractivity contribution >= 4 is 22.2 Å². The van der Waals surface area contributed by atoms with Gasteiger partial charge in [-0.1, -0.05) is 0 Å². The Bertz CT molecular complexity index is 500. The highest BCUT2D eigenvalue weighted by molar-refractivity contribution is 7.87. The van der Waals surface area contributed by atoms with E-state index in [9.17, 15) is 18.0 Å². The van der Waals surface area contributed by atoms with Crippen LogP contribution in [0.5, 0.6) is 0 Å². The van der Waals surface area contributed by atoms with Crippen molar-refractivity contribution in [2.24, 2.45) is 5.92 Å².